The Hall–Kier alpha value is -1.85. The van der Waals surface area contributed by atoms with Gasteiger partial charge in [0.25, 0.3) is 0 Å². The first-order chi connectivity index (χ1) is 12.6. The molecular weight excluding hydrogens is 390 g/mol. The third-order valence-electron chi connectivity index (χ3n) is 5.95. The third-order valence-corrected chi connectivity index (χ3v) is 6.44. The summed E-state index contributed by atoms with van der Waals surface area (Å²) in [6.07, 6.45) is 2.95. The van der Waals surface area contributed by atoms with Crippen LogP contribution in [0.5, 0.6) is 5.75 Å². The number of nitrogens with zero attached hydrogens (tertiary/aromatic N) is 2. The summed E-state index contributed by atoms with van der Waals surface area (Å²) in [6, 6.07) is 17.2. The zero-order chi connectivity index (χ0) is 17.7. The van der Waals surface area contributed by atoms with Crippen LogP contribution in [0, 0.1) is 0 Å². The molecular formula is C21H23BrN3O+. The molecule has 4 nitrogen and oxygen atoms in total. The van der Waals surface area contributed by atoms with E-state index in [1.54, 1.807) is 4.90 Å². The van der Waals surface area contributed by atoms with Crippen molar-refractivity contribution in [2.24, 2.45) is 5.10 Å². The van der Waals surface area contributed by atoms with Crippen LogP contribution in [-0.4, -0.2) is 36.6 Å². The van der Waals surface area contributed by atoms with E-state index in [4.69, 9.17) is 9.84 Å². The number of quaternary nitrogens is 1. The fourth-order valence-corrected chi connectivity index (χ4v) is 4.83. The summed E-state index contributed by atoms with van der Waals surface area (Å²) >= 11 is 3.63. The zero-order valence-corrected chi connectivity index (χ0v) is 16.5. The number of hydrazone groups is 1. The Balaban J connectivity index is 1.60. The lowest BCUT2D eigenvalue weighted by molar-refractivity contribution is -0.888. The van der Waals surface area contributed by atoms with Crippen molar-refractivity contribution in [3.05, 3.63) is 64.1 Å². The number of fused-ring (bicyclic) bond motifs is 4. The van der Waals surface area contributed by atoms with Gasteiger partial charge < -0.3 is 9.64 Å². The molecule has 2 aromatic carbocycles. The molecule has 0 amide bonds. The van der Waals surface area contributed by atoms with E-state index in [0.29, 0.717) is 0 Å². The third kappa shape index (κ3) is 2.57. The summed E-state index contributed by atoms with van der Waals surface area (Å²) in [5, 5.41) is 7.40. The number of hydrogen-bond acceptors (Lipinski definition) is 3. The van der Waals surface area contributed by atoms with Crippen molar-refractivity contribution in [1.82, 2.24) is 5.01 Å². The van der Waals surface area contributed by atoms with E-state index in [0.717, 1.165) is 48.3 Å². The molecule has 3 aliphatic heterocycles. The van der Waals surface area contributed by atoms with Gasteiger partial charge >= 0.3 is 0 Å². The highest BCUT2D eigenvalue weighted by Crippen LogP contribution is 2.49. The molecule has 0 radical (unpaired) electrons. The van der Waals surface area contributed by atoms with E-state index in [1.165, 1.54) is 11.1 Å². The highest BCUT2D eigenvalue weighted by molar-refractivity contribution is 9.10. The van der Waals surface area contributed by atoms with Gasteiger partial charge in [0.2, 0.25) is 5.72 Å². The Morgan fingerprint density at radius 1 is 1.15 bits per heavy atom. The topological polar surface area (TPSA) is 29.3 Å². The summed E-state index contributed by atoms with van der Waals surface area (Å²) in [5.41, 5.74) is 3.32. The number of hydrogen-bond donors (Lipinski definition) is 1. The lowest BCUT2D eigenvalue weighted by atomic mass is 9.91. The first-order valence-corrected chi connectivity index (χ1v) is 10.2. The second kappa shape index (κ2) is 6.10. The van der Waals surface area contributed by atoms with Crippen LogP contribution in [0.1, 0.15) is 36.4 Å². The first-order valence-electron chi connectivity index (χ1n) is 9.37. The van der Waals surface area contributed by atoms with Crippen LogP contribution in [0.15, 0.2) is 58.1 Å². The number of rotatable bonds is 1. The number of ether oxygens (including phenoxy) is 1. The van der Waals surface area contributed by atoms with Gasteiger partial charge in [0.1, 0.15) is 5.75 Å². The lowest BCUT2D eigenvalue weighted by Crippen LogP contribution is -3.11. The van der Waals surface area contributed by atoms with Gasteiger partial charge in [0, 0.05) is 16.5 Å². The molecule has 26 heavy (non-hydrogen) atoms. The lowest BCUT2D eigenvalue weighted by Gasteiger charge is -2.49. The molecule has 0 aliphatic carbocycles. The Morgan fingerprint density at radius 2 is 1.92 bits per heavy atom. The van der Waals surface area contributed by atoms with Gasteiger partial charge in [-0.25, -0.2) is 5.01 Å². The molecule has 0 aromatic heterocycles. The van der Waals surface area contributed by atoms with Crippen LogP contribution in [0.25, 0.3) is 0 Å². The van der Waals surface area contributed by atoms with Crippen molar-refractivity contribution in [2.75, 3.05) is 20.1 Å². The Morgan fingerprint density at radius 3 is 2.69 bits per heavy atom. The Kier molecular flexibility index (Phi) is 3.83. The summed E-state index contributed by atoms with van der Waals surface area (Å²) in [5.74, 6) is 1.03. The number of piperidine rings is 1. The molecule has 3 heterocycles. The molecule has 1 spiro atoms. The minimum Gasteiger partial charge on any atom is -0.466 e. The van der Waals surface area contributed by atoms with Crippen molar-refractivity contribution >= 4 is 21.6 Å². The van der Waals surface area contributed by atoms with Gasteiger partial charge in [-0.2, -0.15) is 5.10 Å². The molecule has 1 atom stereocenters. The average molecular weight is 413 g/mol. The molecule has 1 N–H and O–H groups in total. The summed E-state index contributed by atoms with van der Waals surface area (Å²) in [6.45, 7) is 2.23. The van der Waals surface area contributed by atoms with Gasteiger partial charge in [0.15, 0.2) is 0 Å². The molecule has 5 heteroatoms. The maximum absolute atomic E-state index is 6.65. The van der Waals surface area contributed by atoms with Crippen LogP contribution >= 0.6 is 15.9 Å². The van der Waals surface area contributed by atoms with E-state index in [-0.39, 0.29) is 11.8 Å². The molecule has 134 valence electrons. The quantitative estimate of drug-likeness (QED) is 0.779. The predicted molar refractivity (Wildman–Crippen MR) is 106 cm³/mol. The van der Waals surface area contributed by atoms with Crippen molar-refractivity contribution in [3.8, 4) is 5.75 Å². The van der Waals surface area contributed by atoms with Crippen LogP contribution in [-0.2, 0) is 0 Å². The number of nitrogens with one attached hydrogen (secondary N) is 1. The van der Waals surface area contributed by atoms with E-state index in [1.807, 2.05) is 0 Å². The standard InChI is InChI=1S/C21H22BrN3O/c1-24-11-9-21(10-12-24)25-19(17-13-16(22)7-8-20(17)26-21)14-18(23-25)15-5-3-2-4-6-15/h2-8,13,19H,9-12,14H2,1H3/p+1/t19-/m0/s1. The van der Waals surface area contributed by atoms with Crippen LogP contribution < -0.4 is 9.64 Å². The number of likely N-dealkylation sites (tertiary alicyclic amines) is 1. The normalized spacial score (nSPS) is 29.8. The smallest absolute Gasteiger partial charge is 0.208 e. The molecule has 5 rings (SSSR count). The van der Waals surface area contributed by atoms with Crippen molar-refractivity contribution < 1.29 is 9.64 Å². The average Bonchev–Trinajstić information content (AvgIpc) is 3.12. The molecule has 3 aliphatic rings. The predicted octanol–water partition coefficient (Wildman–Crippen LogP) is 3.00. The van der Waals surface area contributed by atoms with Crippen LogP contribution in [0.3, 0.4) is 0 Å². The molecule has 0 saturated carbocycles. The fourth-order valence-electron chi connectivity index (χ4n) is 4.46. The highest BCUT2D eigenvalue weighted by atomic mass is 79.9. The van der Waals surface area contributed by atoms with E-state index in [9.17, 15) is 0 Å². The first kappa shape index (κ1) is 16.3. The fraction of sp³-hybridized carbons (Fsp3) is 0.381. The second-order valence-corrected chi connectivity index (χ2v) is 8.58. The van der Waals surface area contributed by atoms with E-state index >= 15 is 0 Å². The minimum atomic E-state index is -0.304. The van der Waals surface area contributed by atoms with Gasteiger partial charge in [-0.15, -0.1) is 0 Å². The summed E-state index contributed by atoms with van der Waals surface area (Å²) in [4.78, 5) is 1.57. The van der Waals surface area contributed by atoms with Gasteiger partial charge in [-0.1, -0.05) is 46.3 Å². The Labute approximate surface area is 162 Å². The molecule has 0 unspecified atom stereocenters. The van der Waals surface area contributed by atoms with Gasteiger partial charge in [-0.3, -0.25) is 0 Å². The number of benzene rings is 2. The molecule has 1 fully saturated rings. The largest absolute Gasteiger partial charge is 0.466 e. The van der Waals surface area contributed by atoms with Gasteiger partial charge in [-0.05, 0) is 23.8 Å². The highest BCUT2D eigenvalue weighted by Gasteiger charge is 2.52. The van der Waals surface area contributed by atoms with Gasteiger partial charge in [0.05, 0.1) is 44.7 Å². The maximum Gasteiger partial charge on any atom is 0.208 e. The Bertz CT molecular complexity index is 859. The second-order valence-electron chi connectivity index (χ2n) is 7.66. The molecule has 1 saturated heterocycles. The summed E-state index contributed by atoms with van der Waals surface area (Å²) in [7, 11) is 2.26. The van der Waals surface area contributed by atoms with Crippen molar-refractivity contribution in [1.29, 1.82) is 0 Å². The number of halogens is 1. The summed E-state index contributed by atoms with van der Waals surface area (Å²) < 4.78 is 7.74. The SMILES string of the molecule is C[NH+]1CCC2(CC1)Oc1ccc(Br)cc1[C@@H]1CC(c3ccccc3)=NN12. The monoisotopic (exact) mass is 412 g/mol. The molecule has 0 bridgehead atoms. The zero-order valence-electron chi connectivity index (χ0n) is 14.9. The molecule has 2 aromatic rings. The van der Waals surface area contributed by atoms with Crippen molar-refractivity contribution in [3.63, 3.8) is 0 Å². The van der Waals surface area contributed by atoms with Crippen LogP contribution in [0.2, 0.25) is 0 Å². The minimum absolute atomic E-state index is 0.255. The van der Waals surface area contributed by atoms with Crippen molar-refractivity contribution in [2.45, 2.75) is 31.0 Å². The van der Waals surface area contributed by atoms with E-state index in [2.05, 4.69) is 76.5 Å². The van der Waals surface area contributed by atoms with E-state index < -0.39 is 0 Å². The maximum atomic E-state index is 6.65. The van der Waals surface area contributed by atoms with Crippen LogP contribution in [0.4, 0.5) is 0 Å².